The van der Waals surface area contributed by atoms with Crippen molar-refractivity contribution in [1.29, 1.82) is 0 Å². The summed E-state index contributed by atoms with van der Waals surface area (Å²) in [5.41, 5.74) is 10.4. The summed E-state index contributed by atoms with van der Waals surface area (Å²) < 4.78 is 0. The number of nitrogens with zero attached hydrogens (tertiary/aromatic N) is 3. The fourth-order valence-electron chi connectivity index (χ4n) is 7.83. The number of allylic oxidation sites excluding steroid dienone is 10. The van der Waals surface area contributed by atoms with Crippen molar-refractivity contribution in [2.45, 2.75) is 111 Å². The van der Waals surface area contributed by atoms with Crippen LogP contribution in [0.25, 0.3) is 0 Å². The Morgan fingerprint density at radius 1 is 0.674 bits per heavy atom. The highest BCUT2D eigenvalue weighted by Crippen LogP contribution is 2.48. The first-order valence-electron chi connectivity index (χ1n) is 16.1. The van der Waals surface area contributed by atoms with Gasteiger partial charge in [0.25, 0.3) is 0 Å². The van der Waals surface area contributed by atoms with Crippen LogP contribution in [0.5, 0.6) is 0 Å². The zero-order chi connectivity index (χ0) is 30.8. The Balaban J connectivity index is 1.72. The normalized spacial score (nSPS) is 28.1. The van der Waals surface area contributed by atoms with Crippen LogP contribution in [-0.4, -0.2) is 43.7 Å². The van der Waals surface area contributed by atoms with Gasteiger partial charge in [0.1, 0.15) is 17.0 Å². The van der Waals surface area contributed by atoms with Crippen LogP contribution < -0.4 is 5.32 Å². The number of aliphatic hydroxyl groups excluding tert-OH is 1. The molecule has 6 rings (SSSR count). The molecule has 0 aromatic heterocycles. The monoisotopic (exact) mass is 580 g/mol. The van der Waals surface area contributed by atoms with Crippen LogP contribution in [-0.2, 0) is 0 Å². The van der Waals surface area contributed by atoms with Gasteiger partial charge in [0.05, 0.1) is 45.6 Å². The maximum atomic E-state index is 12.2. The van der Waals surface area contributed by atoms with Gasteiger partial charge < -0.3 is 20.6 Å². The molecule has 0 aromatic carbocycles. The standard InChI is InChI=1S/C36H44N4O3/c1-8-19-20(9-2)27-17-30-35(42,13-6)36(43,14-7)31(40-30)18-28-21(10-3)22(11-4)33(38-28)24-15-29(41)32-23(12-5)26(39-34(24)32)16-25(19)37-27/h16-18,40-43H,8-15H2,1-7H3/t35-,36+/m0/s1. The molecule has 0 aromatic rings. The first-order chi connectivity index (χ1) is 20.6. The minimum atomic E-state index is -1.53. The molecule has 4 N–H and O–H groups in total. The molecule has 0 saturated carbocycles. The summed E-state index contributed by atoms with van der Waals surface area (Å²) in [4.78, 5) is 15.5. The van der Waals surface area contributed by atoms with Crippen LogP contribution in [0.4, 0.5) is 0 Å². The lowest BCUT2D eigenvalue weighted by molar-refractivity contribution is -0.0953. The molecule has 1 fully saturated rings. The van der Waals surface area contributed by atoms with Crippen LogP contribution in [0.3, 0.4) is 0 Å². The summed E-state index contributed by atoms with van der Waals surface area (Å²) in [5, 5.41) is 39.2. The number of fused-ring (bicyclic) bond motifs is 5. The number of rotatable bonds is 7. The van der Waals surface area contributed by atoms with Crippen LogP contribution >= 0.6 is 0 Å². The maximum absolute atomic E-state index is 12.2. The van der Waals surface area contributed by atoms with Gasteiger partial charge in [-0.15, -0.1) is 0 Å². The van der Waals surface area contributed by atoms with Crippen molar-refractivity contribution in [3.63, 3.8) is 0 Å². The van der Waals surface area contributed by atoms with Crippen LogP contribution in [0, 0.1) is 0 Å². The molecular weight excluding hydrogens is 536 g/mol. The van der Waals surface area contributed by atoms with Gasteiger partial charge in [-0.05, 0) is 91.0 Å². The van der Waals surface area contributed by atoms with Gasteiger partial charge in [-0.25, -0.2) is 15.0 Å². The molecule has 0 amide bonds. The van der Waals surface area contributed by atoms with Crippen molar-refractivity contribution in [1.82, 2.24) is 5.32 Å². The molecule has 0 unspecified atom stereocenters. The first kappa shape index (κ1) is 29.5. The van der Waals surface area contributed by atoms with Crippen molar-refractivity contribution in [2.24, 2.45) is 15.0 Å². The molecule has 1 saturated heterocycles. The molecule has 2 atom stereocenters. The topological polar surface area (TPSA) is 110 Å². The van der Waals surface area contributed by atoms with Crippen molar-refractivity contribution in [3.8, 4) is 0 Å². The minimum absolute atomic E-state index is 0.320. The van der Waals surface area contributed by atoms with Gasteiger partial charge in [-0.2, -0.15) is 0 Å². The zero-order valence-corrected chi connectivity index (χ0v) is 26.6. The fraction of sp³-hybridized carbons (Fsp3) is 0.472. The molecule has 5 aliphatic heterocycles. The van der Waals surface area contributed by atoms with Crippen LogP contribution in [0.1, 0.15) is 99.8 Å². The van der Waals surface area contributed by atoms with E-state index < -0.39 is 11.2 Å². The first-order valence-corrected chi connectivity index (χ1v) is 16.1. The van der Waals surface area contributed by atoms with E-state index in [9.17, 15) is 15.3 Å². The highest BCUT2D eigenvalue weighted by atomic mass is 16.4. The molecule has 8 bridgehead atoms. The Labute approximate surface area is 255 Å². The summed E-state index contributed by atoms with van der Waals surface area (Å²) in [7, 11) is 0. The lowest BCUT2D eigenvalue weighted by Gasteiger charge is -2.36. The van der Waals surface area contributed by atoms with E-state index in [1.165, 1.54) is 0 Å². The predicted octanol–water partition coefficient (Wildman–Crippen LogP) is 7.27. The van der Waals surface area contributed by atoms with E-state index >= 15 is 0 Å². The average Bonchev–Trinajstić information content (AvgIpc) is 3.77. The van der Waals surface area contributed by atoms with Crippen molar-refractivity contribution < 1.29 is 15.3 Å². The molecule has 6 aliphatic rings. The van der Waals surface area contributed by atoms with E-state index in [2.05, 4.69) is 46.0 Å². The molecule has 1 aliphatic carbocycles. The van der Waals surface area contributed by atoms with Gasteiger partial charge in [0.2, 0.25) is 0 Å². The van der Waals surface area contributed by atoms with Crippen molar-refractivity contribution in [2.75, 3.05) is 0 Å². The second-order valence-corrected chi connectivity index (χ2v) is 12.0. The predicted molar refractivity (Wildman–Crippen MR) is 174 cm³/mol. The Kier molecular flexibility index (Phi) is 7.25. The number of nitrogens with one attached hydrogen (secondary N) is 1. The van der Waals surface area contributed by atoms with E-state index in [1.807, 2.05) is 26.0 Å². The molecule has 0 spiro atoms. The van der Waals surface area contributed by atoms with Crippen LogP contribution in [0.2, 0.25) is 0 Å². The fourth-order valence-corrected chi connectivity index (χ4v) is 7.83. The number of hydrogen-bond acceptors (Lipinski definition) is 7. The van der Waals surface area contributed by atoms with E-state index in [4.69, 9.17) is 15.0 Å². The molecule has 43 heavy (non-hydrogen) atoms. The van der Waals surface area contributed by atoms with Gasteiger partial charge in [-0.1, -0.05) is 48.5 Å². The summed E-state index contributed by atoms with van der Waals surface area (Å²) in [6.45, 7) is 14.4. The van der Waals surface area contributed by atoms with E-state index in [0.717, 1.165) is 105 Å². The number of hydrogen-bond donors (Lipinski definition) is 4. The van der Waals surface area contributed by atoms with Gasteiger partial charge in [0, 0.05) is 17.6 Å². The second-order valence-electron chi connectivity index (χ2n) is 12.0. The highest BCUT2D eigenvalue weighted by molar-refractivity contribution is 6.22. The zero-order valence-electron chi connectivity index (χ0n) is 26.6. The third-order valence-electron chi connectivity index (χ3n) is 10.2. The number of aliphatic hydroxyl groups is 3. The SMILES string of the molecule is CCC1=C2C=C3N=C(C=C4NC(=CC5=NC(=C6CC(O)=C1C6=N2)C(CC)=C5CC)[C@](O)(CC)[C@]4(O)CC)C(CC)=C3CC. The van der Waals surface area contributed by atoms with Gasteiger partial charge in [-0.3, -0.25) is 0 Å². The Morgan fingerprint density at radius 2 is 1.21 bits per heavy atom. The Hall–Kier alpha value is -3.55. The summed E-state index contributed by atoms with van der Waals surface area (Å²) in [6, 6.07) is 0. The lowest BCUT2D eigenvalue weighted by atomic mass is 9.77. The molecule has 7 heteroatoms. The largest absolute Gasteiger partial charge is 0.511 e. The van der Waals surface area contributed by atoms with Crippen LogP contribution in [0.15, 0.2) is 106 Å². The van der Waals surface area contributed by atoms with Gasteiger partial charge in [0.15, 0.2) is 0 Å². The molecular formula is C36H44N4O3. The summed E-state index contributed by atoms with van der Waals surface area (Å²) >= 11 is 0. The average molecular weight is 581 g/mol. The molecule has 226 valence electrons. The van der Waals surface area contributed by atoms with E-state index in [0.29, 0.717) is 36.4 Å². The van der Waals surface area contributed by atoms with Crippen molar-refractivity contribution in [3.05, 3.63) is 91.5 Å². The number of aliphatic imine (C=N–C) groups is 3. The lowest BCUT2D eigenvalue weighted by Crippen LogP contribution is -2.51. The van der Waals surface area contributed by atoms with Crippen molar-refractivity contribution >= 4 is 17.1 Å². The quantitative estimate of drug-likeness (QED) is 0.254. The third kappa shape index (κ3) is 3.97. The van der Waals surface area contributed by atoms with Gasteiger partial charge >= 0.3 is 0 Å². The molecule has 0 radical (unpaired) electrons. The third-order valence-corrected chi connectivity index (χ3v) is 10.2. The molecule has 5 heterocycles. The Bertz CT molecular complexity index is 1680. The summed E-state index contributed by atoms with van der Waals surface area (Å²) in [6.07, 6.45) is 10.8. The van der Waals surface area contributed by atoms with E-state index in [1.54, 1.807) is 0 Å². The maximum Gasteiger partial charge on any atom is 0.138 e. The summed E-state index contributed by atoms with van der Waals surface area (Å²) in [5.74, 6) is 0.345. The minimum Gasteiger partial charge on any atom is -0.511 e. The second kappa shape index (κ2) is 10.6. The van der Waals surface area contributed by atoms with E-state index in [-0.39, 0.29) is 0 Å². The molecule has 7 nitrogen and oxygen atoms in total. The highest BCUT2D eigenvalue weighted by Gasteiger charge is 2.58. The Morgan fingerprint density at radius 3 is 1.74 bits per heavy atom. The smallest absolute Gasteiger partial charge is 0.138 e.